The molecule has 1 unspecified atom stereocenters. The van der Waals surface area contributed by atoms with E-state index in [4.69, 9.17) is 0 Å². The predicted molar refractivity (Wildman–Crippen MR) is 70.8 cm³/mol. The second kappa shape index (κ2) is 5.02. The Labute approximate surface area is 109 Å². The zero-order chi connectivity index (χ0) is 12.4. The van der Waals surface area contributed by atoms with Crippen molar-refractivity contribution in [3.63, 3.8) is 0 Å². The molecule has 2 rings (SSSR count). The van der Waals surface area contributed by atoms with Crippen molar-refractivity contribution in [3.8, 4) is 0 Å². The zero-order valence-corrected chi connectivity index (χ0v) is 11.5. The molecule has 1 atom stereocenters. The van der Waals surface area contributed by atoms with Crippen LogP contribution in [0.25, 0.3) is 0 Å². The monoisotopic (exact) mass is 294 g/mol. The highest BCUT2D eigenvalue weighted by Gasteiger charge is 2.13. The molecule has 0 saturated carbocycles. The number of aromatic nitrogens is 2. The Kier molecular flexibility index (Phi) is 3.64. The highest BCUT2D eigenvalue weighted by molar-refractivity contribution is 9.10. The van der Waals surface area contributed by atoms with E-state index in [9.17, 15) is 5.11 Å². The van der Waals surface area contributed by atoms with Gasteiger partial charge in [0.05, 0.1) is 11.8 Å². The van der Waals surface area contributed by atoms with Gasteiger partial charge in [0.1, 0.15) is 0 Å². The molecule has 1 aromatic carbocycles. The Hall–Kier alpha value is -1.13. The number of aliphatic hydroxyl groups excluding tert-OH is 1. The van der Waals surface area contributed by atoms with Gasteiger partial charge in [-0.05, 0) is 36.2 Å². The molecule has 17 heavy (non-hydrogen) atoms. The molecular weight excluding hydrogens is 280 g/mol. The number of aliphatic hydroxyl groups is 1. The highest BCUT2D eigenvalue weighted by atomic mass is 79.9. The van der Waals surface area contributed by atoms with Crippen molar-refractivity contribution in [2.24, 2.45) is 7.05 Å². The molecule has 0 aliphatic rings. The lowest BCUT2D eigenvalue weighted by Crippen LogP contribution is -2.05. The van der Waals surface area contributed by atoms with Crippen LogP contribution >= 0.6 is 15.9 Å². The largest absolute Gasteiger partial charge is 0.388 e. The molecule has 1 heterocycles. The second-order valence-electron chi connectivity index (χ2n) is 4.20. The molecule has 2 aromatic rings. The Morgan fingerprint density at radius 2 is 2.18 bits per heavy atom. The van der Waals surface area contributed by atoms with Crippen molar-refractivity contribution in [1.82, 2.24) is 9.78 Å². The van der Waals surface area contributed by atoms with Gasteiger partial charge in [-0.25, -0.2) is 0 Å². The molecular formula is C13H15BrN2O. The van der Waals surface area contributed by atoms with Crippen molar-refractivity contribution in [2.75, 3.05) is 0 Å². The van der Waals surface area contributed by atoms with Crippen LogP contribution in [0.4, 0.5) is 0 Å². The van der Waals surface area contributed by atoms with Crippen LogP contribution < -0.4 is 0 Å². The van der Waals surface area contributed by atoms with E-state index in [0.29, 0.717) is 6.42 Å². The van der Waals surface area contributed by atoms with Gasteiger partial charge in [-0.1, -0.05) is 22.0 Å². The van der Waals surface area contributed by atoms with Gasteiger partial charge in [0, 0.05) is 24.1 Å². The van der Waals surface area contributed by atoms with Crippen LogP contribution in [0, 0.1) is 6.92 Å². The second-order valence-corrected chi connectivity index (χ2v) is 5.12. The lowest BCUT2D eigenvalue weighted by Gasteiger charge is -2.13. The first-order chi connectivity index (χ1) is 8.06. The van der Waals surface area contributed by atoms with E-state index in [-0.39, 0.29) is 0 Å². The van der Waals surface area contributed by atoms with Crippen molar-refractivity contribution >= 4 is 15.9 Å². The molecule has 4 heteroatoms. The number of rotatable bonds is 3. The van der Waals surface area contributed by atoms with Gasteiger partial charge in [0.25, 0.3) is 0 Å². The number of nitrogens with zero attached hydrogens (tertiary/aromatic N) is 2. The van der Waals surface area contributed by atoms with Crippen molar-refractivity contribution in [3.05, 3.63) is 51.8 Å². The first-order valence-electron chi connectivity index (χ1n) is 5.49. The fraction of sp³-hybridized carbons (Fsp3) is 0.308. The van der Waals surface area contributed by atoms with Crippen molar-refractivity contribution < 1.29 is 5.11 Å². The van der Waals surface area contributed by atoms with Crippen molar-refractivity contribution in [1.29, 1.82) is 0 Å². The SMILES string of the molecule is Cc1ccc(Br)cc1C(O)Cc1ccn(C)n1. The highest BCUT2D eigenvalue weighted by Crippen LogP contribution is 2.24. The summed E-state index contributed by atoms with van der Waals surface area (Å²) in [6.45, 7) is 2.00. The normalized spacial score (nSPS) is 12.7. The number of hydrogen-bond acceptors (Lipinski definition) is 2. The summed E-state index contributed by atoms with van der Waals surface area (Å²) in [6.07, 6.45) is 1.91. The van der Waals surface area contributed by atoms with Gasteiger partial charge < -0.3 is 5.11 Å². The van der Waals surface area contributed by atoms with E-state index in [1.807, 2.05) is 44.4 Å². The third-order valence-corrected chi connectivity index (χ3v) is 3.26. The van der Waals surface area contributed by atoms with Gasteiger partial charge in [0.2, 0.25) is 0 Å². The molecule has 1 aromatic heterocycles. The molecule has 0 saturated heterocycles. The number of hydrogen-bond donors (Lipinski definition) is 1. The lowest BCUT2D eigenvalue weighted by atomic mass is 10.0. The summed E-state index contributed by atoms with van der Waals surface area (Å²) >= 11 is 3.42. The summed E-state index contributed by atoms with van der Waals surface area (Å²) in [5.41, 5.74) is 2.95. The Morgan fingerprint density at radius 1 is 1.41 bits per heavy atom. The van der Waals surface area contributed by atoms with E-state index in [0.717, 1.165) is 21.3 Å². The summed E-state index contributed by atoms with van der Waals surface area (Å²) in [4.78, 5) is 0. The van der Waals surface area contributed by atoms with Gasteiger partial charge in [-0.15, -0.1) is 0 Å². The standard InChI is InChI=1S/C13H15BrN2O/c1-9-3-4-10(14)7-12(9)13(17)8-11-5-6-16(2)15-11/h3-7,13,17H,8H2,1-2H3. The first-order valence-corrected chi connectivity index (χ1v) is 6.28. The minimum atomic E-state index is -0.512. The van der Waals surface area contributed by atoms with Crippen LogP contribution in [0.2, 0.25) is 0 Å². The Morgan fingerprint density at radius 3 is 2.82 bits per heavy atom. The molecule has 1 N–H and O–H groups in total. The quantitative estimate of drug-likeness (QED) is 0.945. The number of halogens is 1. The lowest BCUT2D eigenvalue weighted by molar-refractivity contribution is 0.176. The van der Waals surface area contributed by atoms with E-state index in [2.05, 4.69) is 21.0 Å². The molecule has 0 bridgehead atoms. The zero-order valence-electron chi connectivity index (χ0n) is 9.89. The van der Waals surface area contributed by atoms with E-state index >= 15 is 0 Å². The fourth-order valence-corrected chi connectivity index (χ4v) is 2.23. The van der Waals surface area contributed by atoms with Crippen LogP contribution in [0.3, 0.4) is 0 Å². The van der Waals surface area contributed by atoms with Gasteiger partial charge in [-0.3, -0.25) is 4.68 Å². The molecule has 0 spiro atoms. The minimum Gasteiger partial charge on any atom is -0.388 e. The summed E-state index contributed by atoms with van der Waals surface area (Å²) in [7, 11) is 1.88. The number of aryl methyl sites for hydroxylation is 2. The van der Waals surface area contributed by atoms with E-state index in [1.165, 1.54) is 0 Å². The predicted octanol–water partition coefficient (Wildman–Crippen LogP) is 2.77. The molecule has 0 aliphatic carbocycles. The van der Waals surface area contributed by atoms with Crippen LogP contribution in [0.1, 0.15) is 22.9 Å². The van der Waals surface area contributed by atoms with Crippen LogP contribution in [0.15, 0.2) is 34.9 Å². The smallest absolute Gasteiger partial charge is 0.0849 e. The van der Waals surface area contributed by atoms with Gasteiger partial charge in [-0.2, -0.15) is 5.10 Å². The summed E-state index contributed by atoms with van der Waals surface area (Å²) in [5, 5.41) is 14.5. The van der Waals surface area contributed by atoms with E-state index < -0.39 is 6.10 Å². The summed E-state index contributed by atoms with van der Waals surface area (Å²) < 4.78 is 2.73. The maximum Gasteiger partial charge on any atom is 0.0849 e. The Balaban J connectivity index is 2.19. The van der Waals surface area contributed by atoms with E-state index in [1.54, 1.807) is 4.68 Å². The van der Waals surface area contributed by atoms with Crippen LogP contribution in [0.5, 0.6) is 0 Å². The topological polar surface area (TPSA) is 38.0 Å². The minimum absolute atomic E-state index is 0.512. The van der Waals surface area contributed by atoms with Gasteiger partial charge >= 0.3 is 0 Å². The Bertz CT molecular complexity index is 522. The van der Waals surface area contributed by atoms with Gasteiger partial charge in [0.15, 0.2) is 0 Å². The summed E-state index contributed by atoms with van der Waals surface area (Å²) in [5.74, 6) is 0. The molecule has 0 aliphatic heterocycles. The van der Waals surface area contributed by atoms with Crippen molar-refractivity contribution in [2.45, 2.75) is 19.4 Å². The van der Waals surface area contributed by atoms with Crippen LogP contribution in [-0.4, -0.2) is 14.9 Å². The maximum absolute atomic E-state index is 10.2. The molecule has 3 nitrogen and oxygen atoms in total. The molecule has 0 fully saturated rings. The fourth-order valence-electron chi connectivity index (χ4n) is 1.85. The molecule has 0 amide bonds. The maximum atomic E-state index is 10.2. The van der Waals surface area contributed by atoms with Crippen LogP contribution in [-0.2, 0) is 13.5 Å². The first kappa shape index (κ1) is 12.3. The average Bonchev–Trinajstić information content (AvgIpc) is 2.67. The molecule has 0 radical (unpaired) electrons. The average molecular weight is 295 g/mol. The summed E-state index contributed by atoms with van der Waals surface area (Å²) in [6, 6.07) is 7.87. The third kappa shape index (κ3) is 2.96. The molecule has 90 valence electrons. The number of benzene rings is 1. The third-order valence-electron chi connectivity index (χ3n) is 2.77.